The molecule has 1 unspecified atom stereocenters. The molecule has 1 N–H and O–H groups in total. The number of rotatable bonds is 1. The van der Waals surface area contributed by atoms with Gasteiger partial charge < -0.3 is 5.32 Å². The van der Waals surface area contributed by atoms with Gasteiger partial charge in [-0.05, 0) is 20.8 Å². The zero-order valence-corrected chi connectivity index (χ0v) is 8.63. The molecule has 4 nitrogen and oxygen atoms in total. The molecule has 0 radical (unpaired) electrons. The van der Waals surface area contributed by atoms with E-state index < -0.39 is 11.6 Å². The number of urea groups is 1. The third-order valence-corrected chi connectivity index (χ3v) is 2.01. The van der Waals surface area contributed by atoms with Crippen LogP contribution < -0.4 is 5.32 Å². The summed E-state index contributed by atoms with van der Waals surface area (Å²) in [6.45, 7) is 5.42. The molecule has 0 aromatic rings. The maximum absolute atomic E-state index is 11.7. The highest BCUT2D eigenvalue weighted by Crippen LogP contribution is 2.20. The number of hydrogen-bond acceptors (Lipinski definition) is 2. The average molecular weight is 194 g/mol. The molecule has 0 bridgehead atoms. The first-order valence-electron chi connectivity index (χ1n) is 4.46. The number of nitrogens with one attached hydrogen (secondary N) is 1. The first-order chi connectivity index (χ1) is 6.38. The van der Waals surface area contributed by atoms with Crippen LogP contribution in [-0.4, -0.2) is 28.4 Å². The molecule has 1 aliphatic rings. The van der Waals surface area contributed by atoms with Crippen LogP contribution in [-0.2, 0) is 4.79 Å². The highest BCUT2D eigenvalue weighted by molar-refractivity contribution is 6.05. The van der Waals surface area contributed by atoms with Gasteiger partial charge in [0, 0.05) is 12.0 Å². The molecule has 1 saturated heterocycles. The molecular formula is C10H14N2O2. The second kappa shape index (κ2) is 3.33. The van der Waals surface area contributed by atoms with Crippen LogP contribution in [0.2, 0.25) is 0 Å². The lowest BCUT2D eigenvalue weighted by molar-refractivity contribution is -0.130. The van der Waals surface area contributed by atoms with Crippen molar-refractivity contribution >= 4 is 11.9 Å². The van der Waals surface area contributed by atoms with Crippen molar-refractivity contribution in [2.24, 2.45) is 0 Å². The fourth-order valence-corrected chi connectivity index (χ4v) is 1.42. The van der Waals surface area contributed by atoms with Crippen molar-refractivity contribution in [3.05, 3.63) is 0 Å². The highest BCUT2D eigenvalue weighted by atomic mass is 16.2. The number of carbonyl (C=O) groups is 2. The zero-order valence-electron chi connectivity index (χ0n) is 8.63. The molecule has 1 fully saturated rings. The molecule has 1 aliphatic heterocycles. The molecule has 0 spiro atoms. The summed E-state index contributed by atoms with van der Waals surface area (Å²) in [7, 11) is 0. The molecule has 0 saturated carbocycles. The Bertz CT molecular complexity index is 309. The van der Waals surface area contributed by atoms with Gasteiger partial charge in [-0.25, -0.2) is 4.79 Å². The maximum Gasteiger partial charge on any atom is 0.325 e. The molecular weight excluding hydrogens is 180 g/mol. The van der Waals surface area contributed by atoms with Crippen molar-refractivity contribution in [2.45, 2.75) is 38.8 Å². The van der Waals surface area contributed by atoms with Crippen LogP contribution in [0.5, 0.6) is 0 Å². The Morgan fingerprint density at radius 1 is 1.50 bits per heavy atom. The SMILES string of the molecule is C#CCC1NC(=O)N(C(C)(C)C)C1=O. The third-order valence-electron chi connectivity index (χ3n) is 2.01. The van der Waals surface area contributed by atoms with Gasteiger partial charge in [0.25, 0.3) is 5.91 Å². The van der Waals surface area contributed by atoms with Crippen LogP contribution in [0, 0.1) is 12.3 Å². The van der Waals surface area contributed by atoms with E-state index in [0.29, 0.717) is 0 Å². The quantitative estimate of drug-likeness (QED) is 0.494. The van der Waals surface area contributed by atoms with Crippen LogP contribution >= 0.6 is 0 Å². The molecule has 14 heavy (non-hydrogen) atoms. The van der Waals surface area contributed by atoms with E-state index in [1.165, 1.54) is 4.90 Å². The first kappa shape index (κ1) is 10.6. The summed E-state index contributed by atoms with van der Waals surface area (Å²) in [4.78, 5) is 24.4. The fraction of sp³-hybridized carbons (Fsp3) is 0.600. The van der Waals surface area contributed by atoms with Crippen LogP contribution in [0.25, 0.3) is 0 Å². The van der Waals surface area contributed by atoms with Gasteiger partial charge in [0.1, 0.15) is 6.04 Å². The Kier molecular flexibility index (Phi) is 2.52. The van der Waals surface area contributed by atoms with Gasteiger partial charge in [0.2, 0.25) is 0 Å². The second-order valence-corrected chi connectivity index (χ2v) is 4.25. The summed E-state index contributed by atoms with van der Waals surface area (Å²) < 4.78 is 0. The fourth-order valence-electron chi connectivity index (χ4n) is 1.42. The largest absolute Gasteiger partial charge is 0.325 e. The number of hydrogen-bond donors (Lipinski definition) is 1. The van der Waals surface area contributed by atoms with Crippen molar-refractivity contribution in [3.63, 3.8) is 0 Å². The molecule has 1 atom stereocenters. The number of amides is 3. The van der Waals surface area contributed by atoms with Gasteiger partial charge in [0.15, 0.2) is 0 Å². The standard InChI is InChI=1S/C10H14N2O2/c1-5-6-7-8(13)12(9(14)11-7)10(2,3)4/h1,7H,6H2,2-4H3,(H,11,14). The zero-order chi connectivity index (χ0) is 10.9. The Hall–Kier alpha value is -1.50. The number of carbonyl (C=O) groups excluding carboxylic acids is 2. The van der Waals surface area contributed by atoms with Crippen molar-refractivity contribution < 1.29 is 9.59 Å². The van der Waals surface area contributed by atoms with Gasteiger partial charge in [-0.1, -0.05) is 0 Å². The van der Waals surface area contributed by atoms with Crippen LogP contribution in [0.15, 0.2) is 0 Å². The van der Waals surface area contributed by atoms with E-state index in [2.05, 4.69) is 11.2 Å². The van der Waals surface area contributed by atoms with Crippen LogP contribution in [0.4, 0.5) is 4.79 Å². The van der Waals surface area contributed by atoms with Crippen LogP contribution in [0.1, 0.15) is 27.2 Å². The number of imide groups is 1. The molecule has 3 amide bonds. The lowest BCUT2D eigenvalue weighted by atomic mass is 10.1. The Labute approximate surface area is 83.6 Å². The topological polar surface area (TPSA) is 49.4 Å². The highest BCUT2D eigenvalue weighted by Gasteiger charge is 2.43. The molecule has 0 aromatic heterocycles. The molecule has 4 heteroatoms. The van der Waals surface area contributed by atoms with E-state index in [1.807, 2.05) is 20.8 Å². The van der Waals surface area contributed by atoms with Gasteiger partial charge in [-0.2, -0.15) is 0 Å². The minimum Gasteiger partial charge on any atom is -0.325 e. The van der Waals surface area contributed by atoms with E-state index in [1.54, 1.807) is 0 Å². The Balaban J connectivity index is 2.87. The number of nitrogens with zero attached hydrogens (tertiary/aromatic N) is 1. The summed E-state index contributed by atoms with van der Waals surface area (Å²) in [6.07, 6.45) is 5.35. The van der Waals surface area contributed by atoms with Crippen molar-refractivity contribution in [2.75, 3.05) is 0 Å². The second-order valence-electron chi connectivity index (χ2n) is 4.25. The Morgan fingerprint density at radius 3 is 2.43 bits per heavy atom. The summed E-state index contributed by atoms with van der Waals surface area (Å²) in [6, 6.07) is -0.908. The minimum atomic E-state index is -0.549. The maximum atomic E-state index is 11.7. The summed E-state index contributed by atoms with van der Waals surface area (Å²) in [5, 5.41) is 2.56. The predicted molar refractivity (Wildman–Crippen MR) is 52.4 cm³/mol. The monoisotopic (exact) mass is 194 g/mol. The minimum absolute atomic E-state index is 0.236. The lowest BCUT2D eigenvalue weighted by Crippen LogP contribution is -2.46. The van der Waals surface area contributed by atoms with E-state index in [-0.39, 0.29) is 18.4 Å². The summed E-state index contributed by atoms with van der Waals surface area (Å²) in [5.41, 5.74) is -0.496. The molecule has 1 rings (SSSR count). The van der Waals surface area contributed by atoms with E-state index >= 15 is 0 Å². The van der Waals surface area contributed by atoms with Gasteiger partial charge >= 0.3 is 6.03 Å². The molecule has 1 heterocycles. The summed E-state index contributed by atoms with van der Waals surface area (Å²) >= 11 is 0. The van der Waals surface area contributed by atoms with Gasteiger partial charge in [0.05, 0.1) is 0 Å². The van der Waals surface area contributed by atoms with Crippen molar-refractivity contribution in [3.8, 4) is 12.3 Å². The van der Waals surface area contributed by atoms with E-state index in [4.69, 9.17) is 6.42 Å². The lowest BCUT2D eigenvalue weighted by Gasteiger charge is -2.28. The van der Waals surface area contributed by atoms with Crippen molar-refractivity contribution in [1.29, 1.82) is 0 Å². The van der Waals surface area contributed by atoms with Crippen LogP contribution in [0.3, 0.4) is 0 Å². The predicted octanol–water partition coefficient (Wildman–Crippen LogP) is 0.729. The van der Waals surface area contributed by atoms with E-state index in [9.17, 15) is 9.59 Å². The normalized spacial score (nSPS) is 22.1. The molecule has 0 aliphatic carbocycles. The van der Waals surface area contributed by atoms with Gasteiger partial charge in [-0.15, -0.1) is 12.3 Å². The van der Waals surface area contributed by atoms with E-state index in [0.717, 1.165) is 0 Å². The molecule has 76 valence electrons. The van der Waals surface area contributed by atoms with Gasteiger partial charge in [-0.3, -0.25) is 9.69 Å². The van der Waals surface area contributed by atoms with Crippen molar-refractivity contribution in [1.82, 2.24) is 10.2 Å². The molecule has 0 aromatic carbocycles. The third kappa shape index (κ3) is 1.72. The average Bonchev–Trinajstić information content (AvgIpc) is 2.26. The first-order valence-corrected chi connectivity index (χ1v) is 4.46. The Morgan fingerprint density at radius 2 is 2.07 bits per heavy atom. The summed E-state index contributed by atoms with van der Waals surface area (Å²) in [5.74, 6) is 2.13. The number of terminal acetylenes is 1. The smallest absolute Gasteiger partial charge is 0.325 e.